The van der Waals surface area contributed by atoms with Crippen LogP contribution in [0.3, 0.4) is 0 Å². The van der Waals surface area contributed by atoms with Crippen molar-refractivity contribution in [3.63, 3.8) is 0 Å². The number of nitrogens with zero attached hydrogens (tertiary/aromatic N) is 2. The number of hydrogen-bond donors (Lipinski definition) is 1. The Morgan fingerprint density at radius 1 is 1.13 bits per heavy atom. The van der Waals surface area contributed by atoms with Crippen LogP contribution in [0.4, 0.5) is 5.69 Å². The van der Waals surface area contributed by atoms with Crippen LogP contribution in [0.5, 0.6) is 5.75 Å². The average molecular weight is 472 g/mol. The number of halogens is 1. The molecule has 0 saturated carbocycles. The lowest BCUT2D eigenvalue weighted by Gasteiger charge is -2.10. The molecule has 7 nitrogen and oxygen atoms in total. The van der Waals surface area contributed by atoms with Gasteiger partial charge in [-0.25, -0.2) is 9.48 Å². The molecule has 1 N–H and O–H groups in total. The summed E-state index contributed by atoms with van der Waals surface area (Å²) in [6.45, 7) is 5.75. The minimum absolute atomic E-state index is 0.185. The number of aromatic nitrogens is 2. The Hall–Kier alpha value is -3.13. The topological polar surface area (TPSA) is 82.5 Å². The zero-order valence-corrected chi connectivity index (χ0v) is 18.5. The second-order valence-electron chi connectivity index (χ2n) is 6.52. The van der Waals surface area contributed by atoms with E-state index in [1.54, 1.807) is 43.3 Å². The van der Waals surface area contributed by atoms with E-state index in [-0.39, 0.29) is 12.5 Å². The van der Waals surface area contributed by atoms with E-state index >= 15 is 0 Å². The highest BCUT2D eigenvalue weighted by molar-refractivity contribution is 9.10. The molecule has 0 aliphatic carbocycles. The third-order valence-electron chi connectivity index (χ3n) is 4.33. The van der Waals surface area contributed by atoms with Crippen LogP contribution in [0.2, 0.25) is 0 Å². The molecule has 0 unspecified atom stereocenters. The highest BCUT2D eigenvalue weighted by atomic mass is 79.9. The van der Waals surface area contributed by atoms with E-state index in [9.17, 15) is 9.59 Å². The first-order valence-corrected chi connectivity index (χ1v) is 10.2. The molecule has 0 atom stereocenters. The van der Waals surface area contributed by atoms with E-state index in [0.717, 1.165) is 21.5 Å². The average Bonchev–Trinajstić information content (AvgIpc) is 3.00. The molecule has 8 heteroatoms. The Kier molecular flexibility index (Phi) is 6.89. The number of amides is 1. The molecule has 1 amide bonds. The third-order valence-corrected chi connectivity index (χ3v) is 5.48. The molecule has 0 fully saturated rings. The van der Waals surface area contributed by atoms with Gasteiger partial charge in [0.05, 0.1) is 28.2 Å². The molecule has 0 radical (unpaired) electrons. The second kappa shape index (κ2) is 9.58. The maximum Gasteiger partial charge on any atom is 0.344 e. The van der Waals surface area contributed by atoms with Crippen molar-refractivity contribution < 1.29 is 19.1 Å². The summed E-state index contributed by atoms with van der Waals surface area (Å²) < 4.78 is 13.0. The van der Waals surface area contributed by atoms with Crippen LogP contribution in [0.25, 0.3) is 5.69 Å². The van der Waals surface area contributed by atoms with Gasteiger partial charge in [0.25, 0.3) is 5.91 Å². The van der Waals surface area contributed by atoms with E-state index in [1.165, 1.54) is 0 Å². The fourth-order valence-electron chi connectivity index (χ4n) is 2.84. The van der Waals surface area contributed by atoms with Crippen LogP contribution in [0.15, 0.2) is 53.0 Å². The van der Waals surface area contributed by atoms with Crippen LogP contribution in [-0.4, -0.2) is 34.9 Å². The lowest BCUT2D eigenvalue weighted by Crippen LogP contribution is -2.15. The van der Waals surface area contributed by atoms with Crippen molar-refractivity contribution in [1.29, 1.82) is 0 Å². The van der Waals surface area contributed by atoms with Crippen molar-refractivity contribution in [3.05, 3.63) is 70.0 Å². The first-order chi connectivity index (χ1) is 14.4. The number of rotatable bonds is 7. The monoisotopic (exact) mass is 471 g/mol. The summed E-state index contributed by atoms with van der Waals surface area (Å²) in [6.07, 6.45) is 0. The summed E-state index contributed by atoms with van der Waals surface area (Å²) in [4.78, 5) is 24.0. The zero-order chi connectivity index (χ0) is 21.7. The number of nitrogens with one attached hydrogen (secondary N) is 1. The lowest BCUT2D eigenvalue weighted by atomic mass is 10.2. The smallest absolute Gasteiger partial charge is 0.344 e. The minimum Gasteiger partial charge on any atom is -0.482 e. The Morgan fingerprint density at radius 3 is 2.50 bits per heavy atom. The van der Waals surface area contributed by atoms with Gasteiger partial charge in [-0.1, -0.05) is 6.07 Å². The number of carbonyl (C=O) groups is 2. The van der Waals surface area contributed by atoms with Gasteiger partial charge in [-0.05, 0) is 73.1 Å². The van der Waals surface area contributed by atoms with Gasteiger partial charge >= 0.3 is 5.97 Å². The summed E-state index contributed by atoms with van der Waals surface area (Å²) in [5.41, 5.74) is 3.83. The normalized spacial score (nSPS) is 10.5. The van der Waals surface area contributed by atoms with Gasteiger partial charge in [0.1, 0.15) is 5.75 Å². The minimum atomic E-state index is -0.443. The number of carbonyl (C=O) groups excluding carboxylic acids is 2. The molecule has 0 saturated heterocycles. The SMILES string of the molecule is CCOC(=O)COc1cccc(NC(=O)c2ccc(-n3nc(C)c(Br)c3C)cc2)c1. The Morgan fingerprint density at radius 2 is 1.87 bits per heavy atom. The van der Waals surface area contributed by atoms with E-state index in [4.69, 9.17) is 9.47 Å². The molecule has 2 aromatic carbocycles. The number of esters is 1. The molecule has 30 heavy (non-hydrogen) atoms. The molecule has 0 spiro atoms. The summed E-state index contributed by atoms with van der Waals surface area (Å²) in [6, 6.07) is 14.0. The van der Waals surface area contributed by atoms with Crippen molar-refractivity contribution in [2.75, 3.05) is 18.5 Å². The van der Waals surface area contributed by atoms with E-state index < -0.39 is 5.97 Å². The fourth-order valence-corrected chi connectivity index (χ4v) is 3.09. The first kappa shape index (κ1) is 21.6. The van der Waals surface area contributed by atoms with Crippen LogP contribution in [0.1, 0.15) is 28.7 Å². The molecule has 1 heterocycles. The fraction of sp³-hybridized carbons (Fsp3) is 0.227. The summed E-state index contributed by atoms with van der Waals surface area (Å²) in [5.74, 6) is -0.230. The molecular weight excluding hydrogens is 450 g/mol. The molecule has 0 bridgehead atoms. The number of anilines is 1. The summed E-state index contributed by atoms with van der Waals surface area (Å²) in [5, 5.41) is 7.33. The van der Waals surface area contributed by atoms with Crippen LogP contribution in [-0.2, 0) is 9.53 Å². The lowest BCUT2D eigenvalue weighted by molar-refractivity contribution is -0.145. The molecule has 1 aromatic heterocycles. The Bertz CT molecular complexity index is 1060. The van der Waals surface area contributed by atoms with Crippen LogP contribution in [0, 0.1) is 13.8 Å². The number of ether oxygens (including phenoxy) is 2. The van der Waals surface area contributed by atoms with Gasteiger partial charge < -0.3 is 14.8 Å². The van der Waals surface area contributed by atoms with E-state index in [0.29, 0.717) is 23.6 Å². The second-order valence-corrected chi connectivity index (χ2v) is 7.31. The summed E-state index contributed by atoms with van der Waals surface area (Å²) in [7, 11) is 0. The first-order valence-electron chi connectivity index (χ1n) is 9.41. The molecule has 0 aliphatic rings. The molecule has 0 aliphatic heterocycles. The van der Waals surface area contributed by atoms with Crippen molar-refractivity contribution in [2.45, 2.75) is 20.8 Å². The van der Waals surface area contributed by atoms with Gasteiger partial charge in [0.2, 0.25) is 0 Å². The quantitative estimate of drug-likeness (QED) is 0.514. The van der Waals surface area contributed by atoms with E-state index in [2.05, 4.69) is 26.3 Å². The van der Waals surface area contributed by atoms with Gasteiger partial charge in [0.15, 0.2) is 6.61 Å². The molecular formula is C22H22BrN3O4. The van der Waals surface area contributed by atoms with E-state index in [1.807, 2.05) is 30.7 Å². The van der Waals surface area contributed by atoms with Crippen molar-refractivity contribution >= 4 is 33.5 Å². The number of aryl methyl sites for hydroxylation is 1. The van der Waals surface area contributed by atoms with Gasteiger partial charge in [-0.15, -0.1) is 0 Å². The predicted molar refractivity (Wildman–Crippen MR) is 117 cm³/mol. The van der Waals surface area contributed by atoms with Gasteiger partial charge in [-0.3, -0.25) is 4.79 Å². The highest BCUT2D eigenvalue weighted by Gasteiger charge is 2.12. The molecule has 3 aromatic rings. The third kappa shape index (κ3) is 5.07. The predicted octanol–water partition coefficient (Wildman–Crippen LogP) is 4.45. The molecule has 156 valence electrons. The van der Waals surface area contributed by atoms with Gasteiger partial charge in [0, 0.05) is 17.3 Å². The van der Waals surface area contributed by atoms with Crippen LogP contribution >= 0.6 is 15.9 Å². The maximum atomic E-state index is 12.6. The largest absolute Gasteiger partial charge is 0.482 e. The van der Waals surface area contributed by atoms with Crippen molar-refractivity contribution in [1.82, 2.24) is 9.78 Å². The standard InChI is InChI=1S/C22H22BrN3O4/c1-4-29-20(27)13-30-19-7-5-6-17(12-19)24-22(28)16-8-10-18(11-9-16)26-15(3)21(23)14(2)25-26/h5-12H,4,13H2,1-3H3,(H,24,28). The number of hydrogen-bond acceptors (Lipinski definition) is 5. The highest BCUT2D eigenvalue weighted by Crippen LogP contribution is 2.23. The van der Waals surface area contributed by atoms with Gasteiger partial charge in [-0.2, -0.15) is 5.10 Å². The van der Waals surface area contributed by atoms with Crippen molar-refractivity contribution in [3.8, 4) is 11.4 Å². The summed E-state index contributed by atoms with van der Waals surface area (Å²) >= 11 is 3.52. The Labute approximate surface area is 183 Å². The van der Waals surface area contributed by atoms with Crippen molar-refractivity contribution in [2.24, 2.45) is 0 Å². The Balaban J connectivity index is 1.67. The molecule has 3 rings (SSSR count). The zero-order valence-electron chi connectivity index (χ0n) is 16.9. The number of benzene rings is 2. The van der Waals surface area contributed by atoms with Crippen LogP contribution < -0.4 is 10.1 Å². The maximum absolute atomic E-state index is 12.6.